The maximum Gasteiger partial charge on any atom is 0.175 e. The number of methoxy groups -OCH3 is 1. The molecule has 0 aliphatic heterocycles. The van der Waals surface area contributed by atoms with Crippen LogP contribution in [0.4, 0.5) is 0 Å². The van der Waals surface area contributed by atoms with Gasteiger partial charge >= 0.3 is 0 Å². The lowest BCUT2D eigenvalue weighted by Crippen LogP contribution is -1.99. The van der Waals surface area contributed by atoms with E-state index >= 15 is 0 Å². The van der Waals surface area contributed by atoms with Crippen LogP contribution in [0.5, 0.6) is 11.5 Å². The molecule has 148 valence electrons. The van der Waals surface area contributed by atoms with Crippen LogP contribution in [0, 0.1) is 22.7 Å². The van der Waals surface area contributed by atoms with Crippen molar-refractivity contribution in [3.8, 4) is 23.6 Å². The molecule has 0 heterocycles. The lowest BCUT2D eigenvalue weighted by Gasteiger charge is -2.14. The van der Waals surface area contributed by atoms with E-state index in [1.165, 1.54) is 0 Å². The fourth-order valence-corrected chi connectivity index (χ4v) is 3.47. The summed E-state index contributed by atoms with van der Waals surface area (Å²) in [5.41, 5.74) is 3.50. The van der Waals surface area contributed by atoms with Crippen molar-refractivity contribution in [3.63, 3.8) is 0 Å². The molecule has 3 aromatic rings. The number of hydrogen-bond acceptors (Lipinski definition) is 4. The molecule has 0 radical (unpaired) electrons. The van der Waals surface area contributed by atoms with Crippen molar-refractivity contribution in [2.75, 3.05) is 7.11 Å². The van der Waals surface area contributed by atoms with Crippen LogP contribution in [-0.4, -0.2) is 7.11 Å². The van der Waals surface area contributed by atoms with Crippen molar-refractivity contribution in [1.29, 1.82) is 10.5 Å². The van der Waals surface area contributed by atoms with Crippen LogP contribution < -0.4 is 9.47 Å². The lowest BCUT2D eigenvalue weighted by atomic mass is 10.0. The fraction of sp³-hybridized carbons (Fsp3) is 0.0833. The van der Waals surface area contributed by atoms with Crippen molar-refractivity contribution < 1.29 is 9.47 Å². The number of hydrogen-bond donors (Lipinski definition) is 0. The average Bonchev–Trinajstić information content (AvgIpc) is 2.77. The van der Waals surface area contributed by atoms with E-state index in [1.807, 2.05) is 36.4 Å². The minimum absolute atomic E-state index is 0.357. The van der Waals surface area contributed by atoms with Crippen LogP contribution in [0.2, 0.25) is 5.02 Å². The Morgan fingerprint density at radius 1 is 1.07 bits per heavy atom. The molecule has 0 bridgehead atoms. The van der Waals surface area contributed by atoms with E-state index in [0.717, 1.165) is 16.7 Å². The Kier molecular flexibility index (Phi) is 7.14. The quantitative estimate of drug-likeness (QED) is 0.294. The second kappa shape index (κ2) is 9.98. The van der Waals surface area contributed by atoms with Gasteiger partial charge in [-0.05, 0) is 75.1 Å². The van der Waals surface area contributed by atoms with Crippen molar-refractivity contribution in [1.82, 2.24) is 0 Å². The minimum Gasteiger partial charge on any atom is -0.493 e. The van der Waals surface area contributed by atoms with E-state index in [-0.39, 0.29) is 0 Å². The predicted molar refractivity (Wildman–Crippen MR) is 121 cm³/mol. The summed E-state index contributed by atoms with van der Waals surface area (Å²) in [6.45, 7) is 0.357. The summed E-state index contributed by atoms with van der Waals surface area (Å²) in [5.74, 6) is 1.11. The summed E-state index contributed by atoms with van der Waals surface area (Å²) in [7, 11) is 1.57. The molecule has 0 fully saturated rings. The molecule has 3 aromatic carbocycles. The standard InChI is InChI=1S/C24H16BrClN2O2/c1-29-23-12-18(10-20(14-28)19-6-2-16(13-27)3-7-19)11-22(25)24(23)30-15-17-4-8-21(26)9-5-17/h2-12H,15H2,1H3/b20-10-. The molecule has 0 amide bonds. The molecular formula is C24H16BrClN2O2. The van der Waals surface area contributed by atoms with Crippen LogP contribution in [0.3, 0.4) is 0 Å². The first-order valence-corrected chi connectivity index (χ1v) is 10.1. The summed E-state index contributed by atoms with van der Waals surface area (Å²) in [5, 5.41) is 19.2. The Hall–Kier alpha value is -3.25. The summed E-state index contributed by atoms with van der Waals surface area (Å²) in [4.78, 5) is 0. The highest BCUT2D eigenvalue weighted by Gasteiger charge is 2.12. The molecule has 30 heavy (non-hydrogen) atoms. The zero-order valence-electron chi connectivity index (χ0n) is 16.0. The number of rotatable bonds is 6. The maximum atomic E-state index is 9.59. The molecule has 0 N–H and O–H groups in total. The summed E-state index contributed by atoms with van der Waals surface area (Å²) in [6, 6.07) is 22.2. The van der Waals surface area contributed by atoms with Gasteiger partial charge in [0.1, 0.15) is 6.61 Å². The van der Waals surface area contributed by atoms with Gasteiger partial charge in [-0.15, -0.1) is 0 Å². The molecule has 0 aliphatic rings. The summed E-state index contributed by atoms with van der Waals surface area (Å²) in [6.07, 6.45) is 1.76. The first kappa shape index (κ1) is 21.5. The Balaban J connectivity index is 1.88. The van der Waals surface area contributed by atoms with Gasteiger partial charge in [-0.2, -0.15) is 10.5 Å². The molecule has 0 saturated heterocycles. The molecule has 0 aromatic heterocycles. The Bertz CT molecular complexity index is 1160. The van der Waals surface area contributed by atoms with Crippen molar-refractivity contribution >= 4 is 39.2 Å². The molecule has 0 atom stereocenters. The van der Waals surface area contributed by atoms with Gasteiger partial charge in [0.2, 0.25) is 0 Å². The molecular weight excluding hydrogens is 464 g/mol. The van der Waals surface area contributed by atoms with Gasteiger partial charge < -0.3 is 9.47 Å². The highest BCUT2D eigenvalue weighted by Crippen LogP contribution is 2.38. The summed E-state index contributed by atoms with van der Waals surface area (Å²) >= 11 is 9.46. The number of allylic oxidation sites excluding steroid dienone is 1. The monoisotopic (exact) mass is 478 g/mol. The molecule has 0 spiro atoms. The minimum atomic E-state index is 0.357. The zero-order valence-corrected chi connectivity index (χ0v) is 18.4. The number of halogens is 2. The third kappa shape index (κ3) is 5.21. The molecule has 0 saturated carbocycles. The van der Waals surface area contributed by atoms with E-state index in [0.29, 0.717) is 38.7 Å². The number of nitrogens with zero attached hydrogens (tertiary/aromatic N) is 2. The van der Waals surface area contributed by atoms with Crippen LogP contribution in [0.15, 0.2) is 65.1 Å². The zero-order chi connectivity index (χ0) is 21.5. The second-order valence-electron chi connectivity index (χ2n) is 6.31. The first-order chi connectivity index (χ1) is 14.5. The molecule has 6 heteroatoms. The van der Waals surface area contributed by atoms with Crippen molar-refractivity contribution in [3.05, 3.63) is 92.4 Å². The van der Waals surface area contributed by atoms with Gasteiger partial charge in [-0.3, -0.25) is 0 Å². The van der Waals surface area contributed by atoms with Crippen molar-refractivity contribution in [2.24, 2.45) is 0 Å². The lowest BCUT2D eigenvalue weighted by molar-refractivity contribution is 0.282. The van der Waals surface area contributed by atoms with Gasteiger partial charge in [-0.25, -0.2) is 0 Å². The Morgan fingerprint density at radius 3 is 2.37 bits per heavy atom. The van der Waals surface area contributed by atoms with Crippen LogP contribution in [-0.2, 0) is 6.61 Å². The molecule has 0 unspecified atom stereocenters. The van der Waals surface area contributed by atoms with E-state index in [1.54, 1.807) is 37.5 Å². The second-order valence-corrected chi connectivity index (χ2v) is 7.60. The molecule has 4 nitrogen and oxygen atoms in total. The van der Waals surface area contributed by atoms with Gasteiger partial charge in [0.05, 0.1) is 34.9 Å². The van der Waals surface area contributed by atoms with Gasteiger partial charge in [-0.1, -0.05) is 35.9 Å². The Morgan fingerprint density at radius 2 is 1.77 bits per heavy atom. The third-order valence-electron chi connectivity index (χ3n) is 4.30. The van der Waals surface area contributed by atoms with Crippen LogP contribution in [0.25, 0.3) is 11.6 Å². The van der Waals surface area contributed by atoms with E-state index in [9.17, 15) is 5.26 Å². The smallest absolute Gasteiger partial charge is 0.175 e. The fourth-order valence-electron chi connectivity index (χ4n) is 2.77. The normalized spacial score (nSPS) is 10.8. The highest BCUT2D eigenvalue weighted by molar-refractivity contribution is 9.10. The number of nitriles is 2. The SMILES string of the molecule is COc1cc(/C=C(/C#N)c2ccc(C#N)cc2)cc(Br)c1OCc1ccc(Cl)cc1. The van der Waals surface area contributed by atoms with E-state index in [4.69, 9.17) is 26.3 Å². The average molecular weight is 480 g/mol. The predicted octanol–water partition coefficient (Wildman–Crippen LogP) is 6.63. The van der Waals surface area contributed by atoms with Gasteiger partial charge in [0.15, 0.2) is 11.5 Å². The molecule has 3 rings (SSSR count). The third-order valence-corrected chi connectivity index (χ3v) is 5.15. The first-order valence-electron chi connectivity index (χ1n) is 8.91. The highest BCUT2D eigenvalue weighted by atomic mass is 79.9. The van der Waals surface area contributed by atoms with Crippen LogP contribution in [0.1, 0.15) is 22.3 Å². The maximum absolute atomic E-state index is 9.59. The Labute approximate surface area is 188 Å². The number of benzene rings is 3. The topological polar surface area (TPSA) is 66.0 Å². The number of ether oxygens (including phenoxy) is 2. The molecule has 0 aliphatic carbocycles. The van der Waals surface area contributed by atoms with Crippen LogP contribution >= 0.6 is 27.5 Å². The summed E-state index contributed by atoms with van der Waals surface area (Å²) < 4.78 is 12.2. The van der Waals surface area contributed by atoms with E-state index in [2.05, 4.69) is 28.1 Å². The van der Waals surface area contributed by atoms with E-state index < -0.39 is 0 Å². The van der Waals surface area contributed by atoms with Gasteiger partial charge in [0.25, 0.3) is 0 Å². The van der Waals surface area contributed by atoms with Gasteiger partial charge in [0, 0.05) is 5.02 Å². The largest absolute Gasteiger partial charge is 0.493 e. The van der Waals surface area contributed by atoms with Crippen molar-refractivity contribution in [2.45, 2.75) is 6.61 Å².